The second kappa shape index (κ2) is 5.55. The van der Waals surface area contributed by atoms with Gasteiger partial charge in [-0.05, 0) is 37.6 Å². The van der Waals surface area contributed by atoms with Gasteiger partial charge in [0.15, 0.2) is 0 Å². The molecule has 0 saturated carbocycles. The highest BCUT2D eigenvalue weighted by atomic mass is 35.5. The number of hydrogen-bond donors (Lipinski definition) is 2. The van der Waals surface area contributed by atoms with Crippen LogP contribution >= 0.6 is 11.6 Å². The van der Waals surface area contributed by atoms with Gasteiger partial charge in [-0.3, -0.25) is 4.79 Å². The highest BCUT2D eigenvalue weighted by Crippen LogP contribution is 2.28. The number of nitrogens with one attached hydrogen (secondary N) is 1. The standard InChI is InChI=1S/C16H17ClN2O/c1-16(2,11-6-4-3-5-7-11)15(20)19-14-9-8-12(18)10-13(14)17/h3-10H,18H2,1-2H3,(H,19,20). The van der Waals surface area contributed by atoms with Crippen LogP contribution < -0.4 is 11.1 Å². The number of rotatable bonds is 3. The fourth-order valence-electron chi connectivity index (χ4n) is 1.90. The van der Waals surface area contributed by atoms with Gasteiger partial charge >= 0.3 is 0 Å². The lowest BCUT2D eigenvalue weighted by Gasteiger charge is -2.24. The number of benzene rings is 2. The van der Waals surface area contributed by atoms with Gasteiger partial charge in [-0.15, -0.1) is 0 Å². The third-order valence-electron chi connectivity index (χ3n) is 3.30. The van der Waals surface area contributed by atoms with E-state index in [0.717, 1.165) is 5.56 Å². The second-order valence-electron chi connectivity index (χ2n) is 5.18. The Bertz CT molecular complexity index is 624. The number of anilines is 2. The summed E-state index contributed by atoms with van der Waals surface area (Å²) in [6.07, 6.45) is 0. The van der Waals surface area contributed by atoms with Crippen LogP contribution in [0.3, 0.4) is 0 Å². The Labute approximate surface area is 123 Å². The van der Waals surface area contributed by atoms with Crippen molar-refractivity contribution in [3.05, 3.63) is 59.1 Å². The molecule has 0 aliphatic heterocycles. The van der Waals surface area contributed by atoms with Crippen molar-refractivity contribution >= 4 is 28.9 Å². The Hall–Kier alpha value is -2.00. The van der Waals surface area contributed by atoms with E-state index in [1.54, 1.807) is 18.2 Å². The topological polar surface area (TPSA) is 55.1 Å². The van der Waals surface area contributed by atoms with Crippen molar-refractivity contribution in [2.24, 2.45) is 0 Å². The van der Waals surface area contributed by atoms with E-state index in [9.17, 15) is 4.79 Å². The van der Waals surface area contributed by atoms with E-state index in [1.807, 2.05) is 44.2 Å². The molecule has 2 aromatic carbocycles. The molecule has 0 aromatic heterocycles. The number of carbonyl (C=O) groups is 1. The Balaban J connectivity index is 2.23. The minimum Gasteiger partial charge on any atom is -0.399 e. The summed E-state index contributed by atoms with van der Waals surface area (Å²) in [7, 11) is 0. The zero-order chi connectivity index (χ0) is 14.8. The van der Waals surface area contributed by atoms with Crippen molar-refractivity contribution in [1.29, 1.82) is 0 Å². The molecule has 0 fully saturated rings. The lowest BCUT2D eigenvalue weighted by Crippen LogP contribution is -2.34. The summed E-state index contributed by atoms with van der Waals surface area (Å²) in [5.41, 5.74) is 7.07. The first-order chi connectivity index (χ1) is 9.41. The van der Waals surface area contributed by atoms with Gasteiger partial charge in [-0.2, -0.15) is 0 Å². The summed E-state index contributed by atoms with van der Waals surface area (Å²) in [4.78, 5) is 12.5. The van der Waals surface area contributed by atoms with Gasteiger partial charge in [0.05, 0.1) is 16.1 Å². The van der Waals surface area contributed by atoms with E-state index in [2.05, 4.69) is 5.32 Å². The van der Waals surface area contributed by atoms with Gasteiger partial charge < -0.3 is 11.1 Å². The van der Waals surface area contributed by atoms with Crippen LogP contribution in [0.25, 0.3) is 0 Å². The molecule has 1 amide bonds. The number of carbonyl (C=O) groups excluding carboxylic acids is 1. The number of halogens is 1. The van der Waals surface area contributed by atoms with Crippen LogP contribution in [0.4, 0.5) is 11.4 Å². The van der Waals surface area contributed by atoms with Crippen LogP contribution in [-0.4, -0.2) is 5.91 Å². The molecule has 0 heterocycles. The molecule has 3 nitrogen and oxygen atoms in total. The molecular formula is C16H17ClN2O. The normalized spacial score (nSPS) is 11.2. The molecule has 104 valence electrons. The second-order valence-corrected chi connectivity index (χ2v) is 5.59. The van der Waals surface area contributed by atoms with Gasteiger partial charge in [0.2, 0.25) is 5.91 Å². The molecule has 2 aromatic rings. The lowest BCUT2D eigenvalue weighted by atomic mass is 9.83. The first-order valence-electron chi connectivity index (χ1n) is 6.33. The molecule has 0 aliphatic carbocycles. The molecule has 3 N–H and O–H groups in total. The summed E-state index contributed by atoms with van der Waals surface area (Å²) < 4.78 is 0. The van der Waals surface area contributed by atoms with E-state index in [4.69, 9.17) is 17.3 Å². The third-order valence-corrected chi connectivity index (χ3v) is 3.62. The number of amides is 1. The zero-order valence-corrected chi connectivity index (χ0v) is 12.2. The van der Waals surface area contributed by atoms with E-state index in [1.165, 1.54) is 0 Å². The monoisotopic (exact) mass is 288 g/mol. The number of nitrogen functional groups attached to an aromatic ring is 1. The minimum absolute atomic E-state index is 0.115. The highest BCUT2D eigenvalue weighted by molar-refractivity contribution is 6.34. The predicted octanol–water partition coefficient (Wildman–Crippen LogP) is 3.84. The van der Waals surface area contributed by atoms with Crippen molar-refractivity contribution < 1.29 is 4.79 Å². The van der Waals surface area contributed by atoms with Gasteiger partial charge in [-0.25, -0.2) is 0 Å². The maximum absolute atomic E-state index is 12.5. The molecule has 0 radical (unpaired) electrons. The maximum atomic E-state index is 12.5. The summed E-state index contributed by atoms with van der Waals surface area (Å²) in [6, 6.07) is 14.7. The quantitative estimate of drug-likeness (QED) is 0.843. The summed E-state index contributed by atoms with van der Waals surface area (Å²) in [6.45, 7) is 3.76. The fraction of sp³-hybridized carbons (Fsp3) is 0.188. The average molecular weight is 289 g/mol. The fourth-order valence-corrected chi connectivity index (χ4v) is 2.13. The zero-order valence-electron chi connectivity index (χ0n) is 11.5. The van der Waals surface area contributed by atoms with Crippen LogP contribution in [0.2, 0.25) is 5.02 Å². The molecule has 0 aliphatic rings. The number of hydrogen-bond acceptors (Lipinski definition) is 2. The molecule has 4 heteroatoms. The Morgan fingerprint density at radius 1 is 1.15 bits per heavy atom. The molecule has 0 saturated heterocycles. The summed E-state index contributed by atoms with van der Waals surface area (Å²) in [5, 5.41) is 3.28. The first kappa shape index (κ1) is 14.4. The van der Waals surface area contributed by atoms with Crippen LogP contribution in [0.15, 0.2) is 48.5 Å². The van der Waals surface area contributed by atoms with E-state index >= 15 is 0 Å². The maximum Gasteiger partial charge on any atom is 0.234 e. The largest absolute Gasteiger partial charge is 0.399 e. The third kappa shape index (κ3) is 2.94. The van der Waals surface area contributed by atoms with Crippen LogP contribution in [-0.2, 0) is 10.2 Å². The van der Waals surface area contributed by atoms with Crippen LogP contribution in [0.1, 0.15) is 19.4 Å². The van der Waals surface area contributed by atoms with Crippen LogP contribution in [0, 0.1) is 0 Å². The van der Waals surface area contributed by atoms with E-state index < -0.39 is 5.41 Å². The van der Waals surface area contributed by atoms with Crippen molar-refractivity contribution in [2.45, 2.75) is 19.3 Å². The molecule has 0 bridgehead atoms. The van der Waals surface area contributed by atoms with Crippen LogP contribution in [0.5, 0.6) is 0 Å². The smallest absolute Gasteiger partial charge is 0.234 e. The summed E-state index contributed by atoms with van der Waals surface area (Å²) in [5.74, 6) is -0.115. The van der Waals surface area contributed by atoms with E-state index in [0.29, 0.717) is 16.4 Å². The molecular weight excluding hydrogens is 272 g/mol. The van der Waals surface area contributed by atoms with Gasteiger partial charge in [0.25, 0.3) is 0 Å². The lowest BCUT2D eigenvalue weighted by molar-refractivity contribution is -0.120. The summed E-state index contributed by atoms with van der Waals surface area (Å²) >= 11 is 6.07. The molecule has 0 atom stereocenters. The van der Waals surface area contributed by atoms with Gasteiger partial charge in [0.1, 0.15) is 0 Å². The van der Waals surface area contributed by atoms with Crippen molar-refractivity contribution in [3.8, 4) is 0 Å². The highest BCUT2D eigenvalue weighted by Gasteiger charge is 2.29. The van der Waals surface area contributed by atoms with E-state index in [-0.39, 0.29) is 5.91 Å². The van der Waals surface area contributed by atoms with Gasteiger partial charge in [-0.1, -0.05) is 41.9 Å². The Morgan fingerprint density at radius 2 is 1.80 bits per heavy atom. The SMILES string of the molecule is CC(C)(C(=O)Nc1ccc(N)cc1Cl)c1ccccc1. The Kier molecular flexibility index (Phi) is 4.00. The van der Waals surface area contributed by atoms with Gasteiger partial charge in [0, 0.05) is 5.69 Å². The van der Waals surface area contributed by atoms with Crippen molar-refractivity contribution in [1.82, 2.24) is 0 Å². The predicted molar refractivity (Wildman–Crippen MR) is 84.0 cm³/mol. The van der Waals surface area contributed by atoms with Crippen molar-refractivity contribution in [2.75, 3.05) is 11.1 Å². The number of nitrogens with two attached hydrogens (primary N) is 1. The Morgan fingerprint density at radius 3 is 2.40 bits per heavy atom. The molecule has 0 unspecified atom stereocenters. The molecule has 2 rings (SSSR count). The average Bonchev–Trinajstić information content (AvgIpc) is 2.42. The molecule has 20 heavy (non-hydrogen) atoms. The molecule has 0 spiro atoms. The first-order valence-corrected chi connectivity index (χ1v) is 6.71. The minimum atomic E-state index is -0.647. The van der Waals surface area contributed by atoms with Crippen molar-refractivity contribution in [3.63, 3.8) is 0 Å².